The lowest BCUT2D eigenvalue weighted by Gasteiger charge is -2.17. The highest BCUT2D eigenvalue weighted by Gasteiger charge is 2.20. The highest BCUT2D eigenvalue weighted by Crippen LogP contribution is 2.37. The van der Waals surface area contributed by atoms with E-state index in [-0.39, 0.29) is 16.3 Å². The van der Waals surface area contributed by atoms with Gasteiger partial charge in [-0.15, -0.1) is 0 Å². The van der Waals surface area contributed by atoms with Crippen LogP contribution < -0.4 is 9.30 Å². The first-order chi connectivity index (χ1) is 41.2. The monoisotopic (exact) mass is 756 g/mol. The third kappa shape index (κ3) is 5.73. The Morgan fingerprint density at radius 2 is 1.34 bits per heavy atom. The third-order valence-electron chi connectivity index (χ3n) is 8.41. The number of fused-ring (bicyclic) bond motifs is 4. The molecule has 0 fully saturated rings. The summed E-state index contributed by atoms with van der Waals surface area (Å²) < 4.78 is 300. The van der Waals surface area contributed by atoms with Crippen molar-refractivity contribution in [2.24, 2.45) is 0 Å². The number of pyridine rings is 1. The third-order valence-corrected chi connectivity index (χ3v) is 8.41. The van der Waals surface area contributed by atoms with Gasteiger partial charge >= 0.3 is 0 Å². The molecule has 0 N–H and O–H groups in total. The van der Waals surface area contributed by atoms with E-state index < -0.39 is 261 Å². The summed E-state index contributed by atoms with van der Waals surface area (Å²) >= 11 is 0. The van der Waals surface area contributed by atoms with Gasteiger partial charge in [0.1, 0.15) is 17.3 Å². The summed E-state index contributed by atoms with van der Waals surface area (Å²) in [4.78, 5) is 4.02. The normalized spacial score (nSPS) is 20.3. The molecule has 0 spiro atoms. The van der Waals surface area contributed by atoms with Gasteiger partial charge in [-0.2, -0.15) is 0 Å². The molecule has 7 aromatic carbocycles. The molecule has 5 nitrogen and oxygen atoms in total. The van der Waals surface area contributed by atoms with E-state index in [1.165, 1.54) is 6.92 Å². The van der Waals surface area contributed by atoms with E-state index in [9.17, 15) is 11.0 Å². The largest absolute Gasteiger partial charge is 0.458 e. The average molecular weight is 756 g/mol. The molecule has 0 amide bonds. The Morgan fingerprint density at radius 3 is 2.11 bits per heavy atom. The molecule has 3 aromatic heterocycles. The van der Waals surface area contributed by atoms with Crippen LogP contribution in [0, 0.1) is 27.0 Å². The molecule has 0 bridgehead atoms. The summed E-state index contributed by atoms with van der Waals surface area (Å²) in [6.07, 6.45) is 1.50. The molecule has 0 unspecified atom stereocenters. The Morgan fingerprint density at radius 1 is 0.625 bits per heavy atom. The van der Waals surface area contributed by atoms with Crippen LogP contribution >= 0.6 is 0 Å². The van der Waals surface area contributed by atoms with Crippen LogP contribution in [0.3, 0.4) is 0 Å². The summed E-state index contributed by atoms with van der Waals surface area (Å²) in [5.74, 6) is -2.43. The number of para-hydroxylation sites is 3. The first kappa shape index (κ1) is 13.5. The molecule has 10 aromatic rings. The lowest BCUT2D eigenvalue weighted by molar-refractivity contribution is -0.571. The standard InChI is InChI=1S/C51H38N4O/c1-34-24-27-46-45(28-34)44-26-25-41(31-49(44)55(46)50-29-35(2)36(3)32-52-50)56-40-19-12-18-39(30-40)53-33-54(48-23-11-10-22-47(48)53)51-42(37-14-6-4-7-15-37)20-13-21-43(51)38-16-8-5-9-17-38/h4-32H,1-3H3/i2D3,3D3,4D,5D,6D,7D,8D,9D,10D,11D,12D,13D,14D,15D,16D,17D,18D,19D,20D,21D,22D,23D,24D,25D,26D,27D,28D,29D,32D. The van der Waals surface area contributed by atoms with Crippen LogP contribution in [0.4, 0.5) is 0 Å². The minimum atomic E-state index is -3.42. The average Bonchev–Trinajstić information content (AvgIpc) is 1.65. The summed E-state index contributed by atoms with van der Waals surface area (Å²) in [5.41, 5.74) is -10.1. The molecule has 0 radical (unpaired) electrons. The van der Waals surface area contributed by atoms with Gasteiger partial charge < -0.3 is 4.74 Å². The second kappa shape index (κ2) is 13.6. The van der Waals surface area contributed by atoms with Gasteiger partial charge in [-0.25, -0.2) is 4.98 Å². The van der Waals surface area contributed by atoms with Crippen LogP contribution in [-0.2, 0) is 0 Å². The highest BCUT2D eigenvalue weighted by molar-refractivity contribution is 6.09. The second-order valence-electron chi connectivity index (χ2n) is 11.8. The minimum Gasteiger partial charge on any atom is -0.458 e. The van der Waals surface area contributed by atoms with Crippen LogP contribution in [0.25, 0.3) is 72.3 Å². The molecule has 0 atom stereocenters. The maximum atomic E-state index is 9.40. The van der Waals surface area contributed by atoms with Crippen molar-refractivity contribution in [3.05, 3.63) is 198 Å². The molecule has 0 saturated carbocycles. The Hall–Kier alpha value is -7.24. The van der Waals surface area contributed by atoms with Crippen molar-refractivity contribution in [2.75, 3.05) is 0 Å². The van der Waals surface area contributed by atoms with Crippen LogP contribution in [0.1, 0.15) is 61.9 Å². The smallest absolute Gasteiger partial charge is 0.269 e. The Labute approximate surface area is 372 Å². The molecule has 0 aliphatic rings. The van der Waals surface area contributed by atoms with Crippen molar-refractivity contribution in [1.82, 2.24) is 14.1 Å². The number of ether oxygens (including phenoxy) is 1. The number of hydrogen-bond acceptors (Lipinski definition) is 2. The fourth-order valence-electron chi connectivity index (χ4n) is 6.04. The van der Waals surface area contributed by atoms with Gasteiger partial charge in [0.05, 0.1) is 70.5 Å². The molecule has 3 heterocycles. The molecule has 10 rings (SSSR count). The Kier molecular flexibility index (Phi) is 3.27. The number of imidazole rings is 1. The molecule has 0 saturated heterocycles. The maximum Gasteiger partial charge on any atom is 0.269 e. The summed E-state index contributed by atoms with van der Waals surface area (Å²) in [6, 6.07) is -23.3. The van der Waals surface area contributed by atoms with E-state index >= 15 is 0 Å². The SMILES string of the molecule is [2H]c1nc(-n2c3cc(Oc4cc(-n5[c-][n+](-c6c(-c7c([2H])c([2H])c([2H])c([2H])c7[2H])c([2H])c([2H])c([2H])c6-c6c([2H])c([2H])c([2H])c([2H])c6[2H])c6c([2H])c([2H])c([2H])c([2H])c65)c([2H])c([2H])c4[2H])c([2H])c([2H])c3c3c([2H])c(C)c([2H])c([2H])c32)c([2H])c(C([2H])([2H])[2H])c1C([2H])([2H])[2H]. The van der Waals surface area contributed by atoms with Crippen molar-refractivity contribution in [3.63, 3.8) is 0 Å². The zero-order valence-corrected chi connectivity index (χ0v) is 28.4. The van der Waals surface area contributed by atoms with E-state index in [1.807, 2.05) is 0 Å². The van der Waals surface area contributed by atoms with Gasteiger partial charge in [-0.3, -0.25) is 13.7 Å². The molecule has 0 aliphatic heterocycles. The fraction of sp³-hybridized carbons (Fsp3) is 0.0588. The van der Waals surface area contributed by atoms with Crippen LogP contribution in [0.5, 0.6) is 11.5 Å². The van der Waals surface area contributed by atoms with Crippen LogP contribution in [0.15, 0.2) is 175 Å². The summed E-state index contributed by atoms with van der Waals surface area (Å²) in [5, 5.41) is -0.702. The summed E-state index contributed by atoms with van der Waals surface area (Å²) in [7, 11) is 0. The van der Waals surface area contributed by atoms with Gasteiger partial charge in [0, 0.05) is 31.2 Å². The molecular formula is C51H38N4O. The van der Waals surface area contributed by atoms with Gasteiger partial charge in [0.2, 0.25) is 0 Å². The molecule has 0 aliphatic carbocycles. The van der Waals surface area contributed by atoms with Crippen molar-refractivity contribution in [1.29, 1.82) is 0 Å². The van der Waals surface area contributed by atoms with Crippen molar-refractivity contribution < 1.29 is 54.5 Å². The van der Waals surface area contributed by atoms with E-state index in [0.29, 0.717) is 9.13 Å². The van der Waals surface area contributed by atoms with E-state index in [2.05, 4.69) is 11.3 Å². The lowest BCUT2D eigenvalue weighted by Crippen LogP contribution is -2.31. The van der Waals surface area contributed by atoms with Crippen molar-refractivity contribution in [3.8, 4) is 50.9 Å². The lowest BCUT2D eigenvalue weighted by atomic mass is 9.95. The second-order valence-corrected chi connectivity index (χ2v) is 11.8. The van der Waals surface area contributed by atoms with E-state index in [4.69, 9.17) is 39.0 Å². The molecule has 5 heteroatoms. The minimum absolute atomic E-state index is 0.122. The maximum absolute atomic E-state index is 9.40. The quantitative estimate of drug-likeness (QED) is 0.120. The van der Waals surface area contributed by atoms with E-state index in [0.717, 1.165) is 16.7 Å². The van der Waals surface area contributed by atoms with Gasteiger partial charge in [-0.05, 0) is 102 Å². The first-order valence-corrected chi connectivity index (χ1v) is 16.3. The zero-order valence-electron chi connectivity index (χ0n) is 61.4. The number of rotatable bonds is 7. The Bertz CT molecular complexity index is 4730. The highest BCUT2D eigenvalue weighted by atomic mass is 16.5. The van der Waals surface area contributed by atoms with Crippen molar-refractivity contribution in [2.45, 2.75) is 20.6 Å². The predicted molar refractivity (Wildman–Crippen MR) is 227 cm³/mol. The number of hydrogen-bond donors (Lipinski definition) is 0. The number of benzene rings is 7. The predicted octanol–water partition coefficient (Wildman–Crippen LogP) is 12.3. The van der Waals surface area contributed by atoms with Gasteiger partial charge in [-0.1, -0.05) is 120 Å². The van der Waals surface area contributed by atoms with Gasteiger partial charge in [0.15, 0.2) is 0 Å². The van der Waals surface area contributed by atoms with Crippen LogP contribution in [0.2, 0.25) is 0 Å². The van der Waals surface area contributed by atoms with Gasteiger partial charge in [0.25, 0.3) is 6.33 Å². The molecule has 56 heavy (non-hydrogen) atoms. The topological polar surface area (TPSA) is 35.9 Å². The van der Waals surface area contributed by atoms with Crippen LogP contribution in [-0.4, -0.2) is 14.1 Å². The first-order valence-electron chi connectivity index (χ1n) is 32.8. The fourth-order valence-corrected chi connectivity index (χ4v) is 6.04. The van der Waals surface area contributed by atoms with Crippen molar-refractivity contribution >= 4 is 32.8 Å². The number of nitrogens with zero attached hydrogens (tertiary/aromatic N) is 4. The Balaban J connectivity index is 1.34. The summed E-state index contributed by atoms with van der Waals surface area (Å²) in [6.45, 7) is -5.46. The van der Waals surface area contributed by atoms with E-state index in [1.54, 1.807) is 0 Å². The molecular weight excluding hydrogens is 685 g/mol. The zero-order chi connectivity index (χ0) is 66.2. The molecule has 268 valence electrons. The number of aromatic nitrogens is 4.